The Morgan fingerprint density at radius 1 is 1.38 bits per heavy atom. The van der Waals surface area contributed by atoms with Gasteiger partial charge >= 0.3 is 0 Å². The Kier molecular flexibility index (Phi) is 5.30. The molecular formula is C16H14ClN3O. The fraction of sp³-hybridized carbons (Fsp3) is 0.188. The lowest BCUT2D eigenvalue weighted by atomic mass is 10.2. The lowest BCUT2D eigenvalue weighted by molar-refractivity contribution is 0.112. The molecule has 0 N–H and O–H groups in total. The van der Waals surface area contributed by atoms with Gasteiger partial charge in [0.15, 0.2) is 0 Å². The highest BCUT2D eigenvalue weighted by Crippen LogP contribution is 2.28. The van der Waals surface area contributed by atoms with Gasteiger partial charge in [-0.1, -0.05) is 17.7 Å². The number of hydrogen-bond acceptors (Lipinski definition) is 4. The molecule has 0 unspecified atom stereocenters. The molecule has 1 heterocycles. The maximum atomic E-state index is 10.8. The van der Waals surface area contributed by atoms with Crippen molar-refractivity contribution in [1.82, 2.24) is 4.98 Å². The van der Waals surface area contributed by atoms with E-state index in [1.165, 1.54) is 0 Å². The molecule has 1 aromatic carbocycles. The smallest absolute Gasteiger partial charge is 0.150 e. The molecule has 0 atom stereocenters. The standard InChI is InChI=1S/C16H14ClN3O/c17-15-9-13(12-21)4-5-16(15)20(8-2-6-18)11-14-3-1-7-19-10-14/h1,3-5,7,9-10,12H,2,8,11H2. The summed E-state index contributed by atoms with van der Waals surface area (Å²) in [6.45, 7) is 1.17. The largest absolute Gasteiger partial charge is 0.365 e. The van der Waals surface area contributed by atoms with Gasteiger partial charge in [0.05, 0.1) is 23.2 Å². The van der Waals surface area contributed by atoms with E-state index in [9.17, 15) is 4.79 Å². The number of pyridine rings is 1. The molecule has 0 saturated heterocycles. The minimum Gasteiger partial charge on any atom is -0.365 e. The molecule has 0 amide bonds. The first-order valence-corrected chi connectivity index (χ1v) is 6.88. The minimum absolute atomic E-state index is 0.395. The number of carbonyl (C=O) groups excluding carboxylic acids is 1. The Morgan fingerprint density at radius 2 is 2.24 bits per heavy atom. The van der Waals surface area contributed by atoms with Crippen molar-refractivity contribution in [2.24, 2.45) is 0 Å². The van der Waals surface area contributed by atoms with E-state index in [1.54, 1.807) is 30.6 Å². The number of anilines is 1. The number of aromatic nitrogens is 1. The average Bonchev–Trinajstić information content (AvgIpc) is 2.52. The molecular weight excluding hydrogens is 286 g/mol. The van der Waals surface area contributed by atoms with Gasteiger partial charge < -0.3 is 4.90 Å². The second kappa shape index (κ2) is 7.41. The van der Waals surface area contributed by atoms with Gasteiger partial charge in [0.25, 0.3) is 0 Å². The minimum atomic E-state index is 0.395. The molecule has 2 aromatic rings. The molecule has 0 spiro atoms. The van der Waals surface area contributed by atoms with Crippen LogP contribution < -0.4 is 4.90 Å². The van der Waals surface area contributed by atoms with Crippen LogP contribution in [0.2, 0.25) is 5.02 Å². The lowest BCUT2D eigenvalue weighted by Gasteiger charge is -2.25. The van der Waals surface area contributed by atoms with E-state index in [-0.39, 0.29) is 0 Å². The zero-order valence-electron chi connectivity index (χ0n) is 11.4. The number of carbonyl (C=O) groups is 1. The monoisotopic (exact) mass is 299 g/mol. The molecule has 0 saturated carbocycles. The van der Waals surface area contributed by atoms with Crippen LogP contribution in [0.4, 0.5) is 5.69 Å². The van der Waals surface area contributed by atoms with Crippen molar-refractivity contribution in [2.45, 2.75) is 13.0 Å². The summed E-state index contributed by atoms with van der Waals surface area (Å²) in [5.74, 6) is 0. The predicted molar refractivity (Wildman–Crippen MR) is 82.4 cm³/mol. The normalized spacial score (nSPS) is 9.90. The fourth-order valence-electron chi connectivity index (χ4n) is 2.03. The van der Waals surface area contributed by atoms with E-state index in [4.69, 9.17) is 16.9 Å². The van der Waals surface area contributed by atoms with Crippen molar-refractivity contribution in [2.75, 3.05) is 11.4 Å². The number of hydrogen-bond donors (Lipinski definition) is 0. The molecule has 106 valence electrons. The Balaban J connectivity index is 2.27. The van der Waals surface area contributed by atoms with Gasteiger partial charge in [-0.15, -0.1) is 0 Å². The summed E-state index contributed by atoms with van der Waals surface area (Å²) in [6.07, 6.45) is 4.66. The fourth-order valence-corrected chi connectivity index (χ4v) is 2.34. The van der Waals surface area contributed by atoms with E-state index >= 15 is 0 Å². The third-order valence-corrected chi connectivity index (χ3v) is 3.34. The average molecular weight is 300 g/mol. The van der Waals surface area contributed by atoms with Crippen molar-refractivity contribution >= 4 is 23.6 Å². The van der Waals surface area contributed by atoms with Crippen LogP contribution in [0.1, 0.15) is 22.3 Å². The zero-order valence-corrected chi connectivity index (χ0v) is 12.1. The molecule has 0 radical (unpaired) electrons. The van der Waals surface area contributed by atoms with Crippen molar-refractivity contribution in [1.29, 1.82) is 5.26 Å². The molecule has 0 fully saturated rings. The highest BCUT2D eigenvalue weighted by Gasteiger charge is 2.11. The van der Waals surface area contributed by atoms with Crippen LogP contribution in [-0.2, 0) is 6.54 Å². The van der Waals surface area contributed by atoms with Crippen molar-refractivity contribution in [3.05, 3.63) is 58.9 Å². The van der Waals surface area contributed by atoms with E-state index in [2.05, 4.69) is 11.1 Å². The van der Waals surface area contributed by atoms with Crippen molar-refractivity contribution in [3.63, 3.8) is 0 Å². The number of halogens is 1. The maximum Gasteiger partial charge on any atom is 0.150 e. The molecule has 2 rings (SSSR count). The summed E-state index contributed by atoms with van der Waals surface area (Å²) in [4.78, 5) is 16.9. The number of nitrogens with zero attached hydrogens (tertiary/aromatic N) is 3. The van der Waals surface area contributed by atoms with Crippen molar-refractivity contribution < 1.29 is 4.79 Å². The third kappa shape index (κ3) is 4.04. The van der Waals surface area contributed by atoms with Gasteiger partial charge in [-0.05, 0) is 29.8 Å². The molecule has 1 aromatic heterocycles. The van der Waals surface area contributed by atoms with Crippen LogP contribution >= 0.6 is 11.6 Å². The summed E-state index contributed by atoms with van der Waals surface area (Å²) in [7, 11) is 0. The summed E-state index contributed by atoms with van der Waals surface area (Å²) in [5, 5.41) is 9.31. The maximum absolute atomic E-state index is 10.8. The van der Waals surface area contributed by atoms with E-state index in [0.717, 1.165) is 17.5 Å². The summed E-state index contributed by atoms with van der Waals surface area (Å²) in [5.41, 5.74) is 2.37. The van der Waals surface area contributed by atoms with Gasteiger partial charge in [0.1, 0.15) is 6.29 Å². The number of aldehydes is 1. The number of rotatable bonds is 6. The first-order chi connectivity index (χ1) is 10.2. The summed E-state index contributed by atoms with van der Waals surface area (Å²) >= 11 is 6.25. The van der Waals surface area contributed by atoms with Gasteiger partial charge in [-0.3, -0.25) is 9.78 Å². The van der Waals surface area contributed by atoms with Gasteiger partial charge in [0.2, 0.25) is 0 Å². The van der Waals surface area contributed by atoms with E-state index < -0.39 is 0 Å². The van der Waals surface area contributed by atoms with Crippen LogP contribution in [0.15, 0.2) is 42.7 Å². The topological polar surface area (TPSA) is 57.0 Å². The molecule has 5 heteroatoms. The van der Waals surface area contributed by atoms with Crippen LogP contribution in [0.3, 0.4) is 0 Å². The predicted octanol–water partition coefficient (Wildman–Crippen LogP) is 3.47. The molecule has 0 aliphatic rings. The molecule has 21 heavy (non-hydrogen) atoms. The highest BCUT2D eigenvalue weighted by atomic mass is 35.5. The first kappa shape index (κ1) is 15.0. The van der Waals surface area contributed by atoms with E-state index in [1.807, 2.05) is 17.0 Å². The highest BCUT2D eigenvalue weighted by molar-refractivity contribution is 6.33. The first-order valence-electron chi connectivity index (χ1n) is 6.50. The van der Waals surface area contributed by atoms with Crippen LogP contribution in [0.25, 0.3) is 0 Å². The molecule has 0 bridgehead atoms. The summed E-state index contributed by atoms with van der Waals surface area (Å²) in [6, 6.07) is 11.1. The lowest BCUT2D eigenvalue weighted by Crippen LogP contribution is -2.24. The van der Waals surface area contributed by atoms with Crippen LogP contribution in [0, 0.1) is 11.3 Å². The van der Waals surface area contributed by atoms with Crippen molar-refractivity contribution in [3.8, 4) is 6.07 Å². The van der Waals surface area contributed by atoms with Crippen LogP contribution in [-0.4, -0.2) is 17.8 Å². The second-order valence-corrected chi connectivity index (χ2v) is 4.93. The van der Waals surface area contributed by atoms with Gasteiger partial charge in [0, 0.05) is 31.0 Å². The SMILES string of the molecule is N#CCCN(Cc1cccnc1)c1ccc(C=O)cc1Cl. The zero-order chi connectivity index (χ0) is 15.1. The summed E-state index contributed by atoms with van der Waals surface area (Å²) < 4.78 is 0. The number of nitriles is 1. The Morgan fingerprint density at radius 3 is 2.86 bits per heavy atom. The Hall–Kier alpha value is -2.38. The second-order valence-electron chi connectivity index (χ2n) is 4.52. The number of benzene rings is 1. The molecule has 0 aliphatic heterocycles. The Labute approximate surface area is 128 Å². The molecule has 0 aliphatic carbocycles. The van der Waals surface area contributed by atoms with Gasteiger partial charge in [-0.25, -0.2) is 0 Å². The Bertz CT molecular complexity index is 652. The quantitative estimate of drug-likeness (QED) is 0.766. The van der Waals surface area contributed by atoms with Gasteiger partial charge in [-0.2, -0.15) is 5.26 Å². The van der Waals surface area contributed by atoms with Crippen LogP contribution in [0.5, 0.6) is 0 Å². The third-order valence-electron chi connectivity index (χ3n) is 3.04. The van der Waals surface area contributed by atoms with E-state index in [0.29, 0.717) is 30.1 Å². The molecule has 4 nitrogen and oxygen atoms in total.